The highest BCUT2D eigenvalue weighted by atomic mass is 32.1. The van der Waals surface area contributed by atoms with E-state index in [2.05, 4.69) is 31.4 Å². The van der Waals surface area contributed by atoms with Crippen LogP contribution >= 0.6 is 11.3 Å². The number of aromatic nitrogens is 1. The Kier molecular flexibility index (Phi) is 12.5. The van der Waals surface area contributed by atoms with Gasteiger partial charge in [0.05, 0.1) is 6.04 Å². The number of alkyl carbamates (subject to hydrolysis) is 1. The first-order valence-electron chi connectivity index (χ1n) is 16.4. The van der Waals surface area contributed by atoms with Gasteiger partial charge in [-0.1, -0.05) is 5.16 Å². The Morgan fingerprint density at radius 2 is 1.49 bits per heavy atom. The number of carbonyl (C=O) groups is 6. The average Bonchev–Trinajstić information content (AvgIpc) is 3.54. The number of urea groups is 1. The van der Waals surface area contributed by atoms with Crippen LogP contribution in [0.3, 0.4) is 0 Å². The van der Waals surface area contributed by atoms with Gasteiger partial charge in [0.15, 0.2) is 10.8 Å². The number of thiazole rings is 1. The van der Waals surface area contributed by atoms with Crippen molar-refractivity contribution in [2.24, 2.45) is 5.16 Å². The van der Waals surface area contributed by atoms with Crippen molar-refractivity contribution in [3.05, 3.63) is 11.1 Å². The molecule has 1 aromatic rings. The molecule has 19 heteroatoms. The number of carbonyl (C=O) groups excluding carboxylic acids is 6. The first-order chi connectivity index (χ1) is 23.3. The van der Waals surface area contributed by atoms with Gasteiger partial charge in [-0.25, -0.2) is 24.2 Å². The minimum Gasteiger partial charge on any atom is -0.457 e. The Morgan fingerprint density at radius 1 is 0.902 bits per heavy atom. The Labute approximate surface area is 301 Å². The first-order valence-corrected chi connectivity index (χ1v) is 17.3. The van der Waals surface area contributed by atoms with Gasteiger partial charge < -0.3 is 44.8 Å². The molecule has 2 atom stereocenters. The molecule has 2 fully saturated rings. The van der Waals surface area contributed by atoms with Crippen molar-refractivity contribution < 1.29 is 47.8 Å². The lowest BCUT2D eigenvalue weighted by molar-refractivity contribution is -0.179. The van der Waals surface area contributed by atoms with E-state index >= 15 is 0 Å². The quantitative estimate of drug-likeness (QED) is 0.0803. The van der Waals surface area contributed by atoms with E-state index in [1.165, 1.54) is 24.1 Å². The number of hydrogen-bond acceptors (Lipinski definition) is 13. The van der Waals surface area contributed by atoms with Gasteiger partial charge in [0.25, 0.3) is 5.91 Å². The Hall–Kier alpha value is -4.68. The van der Waals surface area contributed by atoms with Gasteiger partial charge in [-0.3, -0.25) is 14.9 Å². The van der Waals surface area contributed by atoms with E-state index in [9.17, 15) is 28.8 Å². The molecule has 18 nitrogen and oxygen atoms in total. The Balaban J connectivity index is 1.71. The fourth-order valence-electron chi connectivity index (χ4n) is 4.46. The molecule has 3 heterocycles. The maximum absolute atomic E-state index is 13.7. The minimum atomic E-state index is -1.63. The first kappa shape index (κ1) is 40.7. The lowest BCUT2D eigenvalue weighted by Gasteiger charge is -2.39. The van der Waals surface area contributed by atoms with Crippen LogP contribution in [-0.2, 0) is 33.4 Å². The minimum absolute atomic E-state index is 0.0230. The highest BCUT2D eigenvalue weighted by molar-refractivity contribution is 7.14. The van der Waals surface area contributed by atoms with E-state index in [1.807, 2.05) is 0 Å². The molecule has 2 saturated heterocycles. The maximum atomic E-state index is 13.7. The van der Waals surface area contributed by atoms with Gasteiger partial charge in [0.1, 0.15) is 28.5 Å². The molecule has 0 aliphatic carbocycles. The second kappa shape index (κ2) is 15.7. The van der Waals surface area contributed by atoms with Crippen LogP contribution in [0.4, 0.5) is 19.5 Å². The zero-order chi connectivity index (χ0) is 38.5. The molecule has 3 rings (SSSR count). The summed E-state index contributed by atoms with van der Waals surface area (Å²) in [5, 5.41) is 15.9. The molecule has 0 aromatic carbocycles. The molecule has 1 aromatic heterocycles. The molecule has 51 heavy (non-hydrogen) atoms. The van der Waals surface area contributed by atoms with Gasteiger partial charge >= 0.3 is 24.2 Å². The predicted octanol–water partition coefficient (Wildman–Crippen LogP) is 2.58. The molecule has 0 unspecified atom stereocenters. The smallest absolute Gasteiger partial charge is 0.413 e. The van der Waals surface area contributed by atoms with E-state index in [-0.39, 0.29) is 42.2 Å². The lowest BCUT2D eigenvalue weighted by atomic mass is 9.98. The summed E-state index contributed by atoms with van der Waals surface area (Å²) in [5.74, 6) is -2.10. The number of β-lactam (4-membered cyclic amide) rings is 1. The van der Waals surface area contributed by atoms with Crippen LogP contribution in [0.1, 0.15) is 81.9 Å². The van der Waals surface area contributed by atoms with Gasteiger partial charge in [0.2, 0.25) is 11.5 Å². The summed E-state index contributed by atoms with van der Waals surface area (Å²) in [6.07, 6.45) is -1.35. The van der Waals surface area contributed by atoms with Crippen LogP contribution in [0.5, 0.6) is 0 Å². The Morgan fingerprint density at radius 3 is 2.08 bits per heavy atom. The zero-order valence-corrected chi connectivity index (χ0v) is 31.9. The molecule has 0 saturated carbocycles. The van der Waals surface area contributed by atoms with Gasteiger partial charge in [-0.05, 0) is 76.2 Å². The monoisotopic (exact) mass is 738 g/mol. The van der Waals surface area contributed by atoms with E-state index in [0.29, 0.717) is 13.1 Å². The largest absolute Gasteiger partial charge is 0.457 e. The topological polar surface area (TPSA) is 219 Å². The molecular weight excluding hydrogens is 688 g/mol. The van der Waals surface area contributed by atoms with Crippen LogP contribution in [0.15, 0.2) is 10.5 Å². The van der Waals surface area contributed by atoms with Gasteiger partial charge in [-0.2, -0.15) is 0 Å². The summed E-state index contributed by atoms with van der Waals surface area (Å²) in [6.45, 7) is 19.5. The molecule has 2 aliphatic heterocycles. The van der Waals surface area contributed by atoms with Crippen molar-refractivity contribution in [3.63, 3.8) is 0 Å². The van der Waals surface area contributed by atoms with E-state index < -0.39 is 64.5 Å². The number of anilines is 1. The summed E-state index contributed by atoms with van der Waals surface area (Å²) < 4.78 is 15.9. The second-order valence-electron chi connectivity index (χ2n) is 15.4. The number of oxime groups is 1. The standard InChI is InChI=1S/C32H50N8O10S/c1-29(2,3)47-24(43)32(10,11)50-38-21(19-17-51-25(35-19)37-27(45)49-31(7,8)9)23(42)36-20-18(34-22(20)41)16-40-15-14-39(28(40)46)13-12-33-26(44)48-30(4,5)6/h17-18,20H,12-16H2,1-11H3,(H,33,44)(H,34,41)(H,36,42)(H,35,37,45)/b38-21-/t18-,20+/m1/s1. The van der Waals surface area contributed by atoms with Crippen LogP contribution in [0.2, 0.25) is 0 Å². The third-order valence-electron chi connectivity index (χ3n) is 6.77. The van der Waals surface area contributed by atoms with Crippen molar-refractivity contribution in [3.8, 4) is 0 Å². The van der Waals surface area contributed by atoms with Crippen LogP contribution < -0.4 is 21.3 Å². The fraction of sp³-hybridized carbons (Fsp3) is 0.688. The summed E-state index contributed by atoms with van der Waals surface area (Å²) in [7, 11) is 0. The van der Waals surface area contributed by atoms with Crippen molar-refractivity contribution in [1.82, 2.24) is 30.7 Å². The molecular formula is C32H50N8O10S. The summed E-state index contributed by atoms with van der Waals surface area (Å²) in [4.78, 5) is 89.3. The van der Waals surface area contributed by atoms with Crippen molar-refractivity contribution in [2.45, 2.75) is 111 Å². The van der Waals surface area contributed by atoms with E-state index in [1.54, 1.807) is 67.2 Å². The van der Waals surface area contributed by atoms with E-state index in [0.717, 1.165) is 11.3 Å². The molecule has 2 aliphatic rings. The van der Waals surface area contributed by atoms with Gasteiger partial charge in [-0.15, -0.1) is 11.3 Å². The third kappa shape index (κ3) is 12.6. The molecule has 6 amide bonds. The molecule has 0 radical (unpaired) electrons. The number of hydrogen-bond donors (Lipinski definition) is 4. The lowest BCUT2D eigenvalue weighted by Crippen LogP contribution is -2.72. The normalized spacial score (nSPS) is 18.4. The number of nitrogens with one attached hydrogen (secondary N) is 4. The summed E-state index contributed by atoms with van der Waals surface area (Å²) in [6, 6.07) is -1.97. The average molecular weight is 739 g/mol. The fourth-order valence-corrected chi connectivity index (χ4v) is 5.14. The van der Waals surface area contributed by atoms with Gasteiger partial charge in [0, 0.05) is 38.1 Å². The number of rotatable bonds is 12. The number of ether oxygens (including phenoxy) is 3. The van der Waals surface area contributed by atoms with Crippen LogP contribution in [-0.4, -0.2) is 124 Å². The van der Waals surface area contributed by atoms with Crippen molar-refractivity contribution in [2.75, 3.05) is 38.0 Å². The number of amides is 6. The van der Waals surface area contributed by atoms with Crippen molar-refractivity contribution in [1.29, 1.82) is 0 Å². The SMILES string of the molecule is CC(C)(C)OC(=O)NCCN1CCN(C[C@H]2NC(=O)[C@H]2NC(=O)/C(=N\OC(C)(C)C(=O)OC(C)(C)C)c2csc(NC(=O)OC(C)(C)C)n2)C1=O. The number of esters is 1. The summed E-state index contributed by atoms with van der Waals surface area (Å²) >= 11 is 0.979. The molecule has 0 spiro atoms. The highest BCUT2D eigenvalue weighted by Gasteiger charge is 2.44. The zero-order valence-electron chi connectivity index (χ0n) is 31.0. The summed E-state index contributed by atoms with van der Waals surface area (Å²) in [5.41, 5.74) is -4.29. The van der Waals surface area contributed by atoms with Crippen molar-refractivity contribution >= 4 is 58.2 Å². The second-order valence-corrected chi connectivity index (χ2v) is 16.3. The molecule has 4 N–H and O–H groups in total. The van der Waals surface area contributed by atoms with Crippen LogP contribution in [0.25, 0.3) is 0 Å². The molecule has 284 valence electrons. The molecule has 0 bridgehead atoms. The third-order valence-corrected chi connectivity index (χ3v) is 7.53. The Bertz CT molecular complexity index is 1520. The maximum Gasteiger partial charge on any atom is 0.413 e. The van der Waals surface area contributed by atoms with E-state index in [4.69, 9.17) is 19.0 Å². The predicted molar refractivity (Wildman–Crippen MR) is 186 cm³/mol. The van der Waals surface area contributed by atoms with Crippen LogP contribution in [0, 0.1) is 0 Å². The highest BCUT2D eigenvalue weighted by Crippen LogP contribution is 2.22. The number of nitrogens with zero attached hydrogens (tertiary/aromatic N) is 4.